The van der Waals surface area contributed by atoms with Gasteiger partial charge in [0.2, 0.25) is 0 Å². The number of hydrogen-bond acceptors (Lipinski definition) is 2. The zero-order valence-corrected chi connectivity index (χ0v) is 35.0. The first-order chi connectivity index (χ1) is 29.0. The molecule has 2 aliphatic rings. The van der Waals surface area contributed by atoms with Gasteiger partial charge in [-0.1, -0.05) is 0 Å². The Morgan fingerprint density at radius 1 is 0.475 bits per heavy atom. The second kappa shape index (κ2) is 12.8. The first kappa shape index (κ1) is 34.2. The van der Waals surface area contributed by atoms with E-state index in [1.165, 1.54) is 67.2 Å². The Morgan fingerprint density at radius 3 is 1.78 bits per heavy atom. The molecule has 0 amide bonds. The summed E-state index contributed by atoms with van der Waals surface area (Å²) in [6.45, 7) is 4.74. The van der Waals surface area contributed by atoms with Crippen LogP contribution in [0, 0.1) is 0 Å². The standard InChI is InChI=1S/C55H39GeN3/c1-55(2)44-29-17-15-27-41(44)49-45(55)33-34-48-50(49)43-28-16-18-30-47(43)59(48)40-31-32-42-46(35-40)56(38-23-11-5-12-24-38,39-25-13-6-14-26-39)51-52(36-19-7-3-8-20-36)57-54(58-53(42)51)37-21-9-4-10-22-37/h3-35H,1-2H3. The summed E-state index contributed by atoms with van der Waals surface area (Å²) >= 11 is -3.90. The van der Waals surface area contributed by atoms with Gasteiger partial charge in [0, 0.05) is 0 Å². The molecule has 8 aromatic carbocycles. The molecule has 10 aromatic rings. The summed E-state index contributed by atoms with van der Waals surface area (Å²) in [6.07, 6.45) is 0. The molecule has 0 saturated heterocycles. The van der Waals surface area contributed by atoms with Crippen LogP contribution in [0.4, 0.5) is 0 Å². The van der Waals surface area contributed by atoms with E-state index in [0.717, 1.165) is 34.0 Å². The molecule has 4 heteroatoms. The minimum absolute atomic E-state index is 0.0860. The van der Waals surface area contributed by atoms with Crippen LogP contribution in [0.25, 0.3) is 72.5 Å². The third-order valence-electron chi connectivity index (χ3n) is 13.1. The average molecular weight is 815 g/mol. The van der Waals surface area contributed by atoms with E-state index >= 15 is 0 Å². The quantitative estimate of drug-likeness (QED) is 0.162. The van der Waals surface area contributed by atoms with Gasteiger partial charge in [-0.25, -0.2) is 0 Å². The molecule has 1 aliphatic carbocycles. The first-order valence-electron chi connectivity index (χ1n) is 20.5. The molecule has 3 nitrogen and oxygen atoms in total. The van der Waals surface area contributed by atoms with Crippen LogP contribution in [0.5, 0.6) is 0 Å². The molecule has 12 rings (SSSR count). The summed E-state index contributed by atoms with van der Waals surface area (Å²) < 4.78 is 7.92. The molecular weight excluding hydrogens is 775 g/mol. The van der Waals surface area contributed by atoms with Crippen molar-refractivity contribution in [1.29, 1.82) is 0 Å². The summed E-state index contributed by atoms with van der Waals surface area (Å²) in [5.41, 5.74) is 14.4. The predicted molar refractivity (Wildman–Crippen MR) is 247 cm³/mol. The van der Waals surface area contributed by atoms with Crippen molar-refractivity contribution in [2.24, 2.45) is 0 Å². The molecule has 0 N–H and O–H groups in total. The topological polar surface area (TPSA) is 30.7 Å². The van der Waals surface area contributed by atoms with E-state index in [-0.39, 0.29) is 5.41 Å². The van der Waals surface area contributed by atoms with E-state index in [9.17, 15) is 0 Å². The van der Waals surface area contributed by atoms with E-state index in [0.29, 0.717) is 0 Å². The van der Waals surface area contributed by atoms with Crippen molar-refractivity contribution < 1.29 is 0 Å². The number of rotatable bonds is 5. The fraction of sp³-hybridized carbons (Fsp3) is 0.0545. The molecule has 1 aliphatic heterocycles. The van der Waals surface area contributed by atoms with Gasteiger partial charge in [0.05, 0.1) is 0 Å². The van der Waals surface area contributed by atoms with Crippen LogP contribution in [0.15, 0.2) is 200 Å². The second-order valence-corrected chi connectivity index (χ2v) is 24.2. The molecule has 59 heavy (non-hydrogen) atoms. The van der Waals surface area contributed by atoms with E-state index in [4.69, 9.17) is 9.97 Å². The van der Waals surface area contributed by atoms with Gasteiger partial charge >= 0.3 is 348 Å². The Kier molecular flexibility index (Phi) is 7.45. The predicted octanol–water partition coefficient (Wildman–Crippen LogP) is 10.6. The Balaban J connectivity index is 1.21. The summed E-state index contributed by atoms with van der Waals surface area (Å²) in [5, 5.41) is 2.60. The van der Waals surface area contributed by atoms with Crippen molar-refractivity contribution in [2.75, 3.05) is 0 Å². The van der Waals surface area contributed by atoms with Crippen LogP contribution in [0.3, 0.4) is 0 Å². The summed E-state index contributed by atoms with van der Waals surface area (Å²) in [7, 11) is 0. The first-order valence-corrected chi connectivity index (χ1v) is 24.7. The van der Waals surface area contributed by atoms with Crippen molar-refractivity contribution in [3.8, 4) is 50.7 Å². The van der Waals surface area contributed by atoms with Gasteiger partial charge in [0.25, 0.3) is 0 Å². The van der Waals surface area contributed by atoms with Crippen molar-refractivity contribution in [3.05, 3.63) is 211 Å². The maximum absolute atomic E-state index is 5.59. The van der Waals surface area contributed by atoms with E-state index in [1.54, 1.807) is 0 Å². The molecule has 0 bridgehead atoms. The Labute approximate surface area is 346 Å². The molecule has 3 heterocycles. The SMILES string of the molecule is CC1(C)c2ccccc2-c2c1ccc1c2c2ccccc2n1-c1ccc2[c](c1)[Ge]([c]1ccccc1)([c]1ccccc1)[c]1c(-c3ccccc3)nc(-c3ccccc3)nc1-2. The van der Waals surface area contributed by atoms with Crippen LogP contribution < -0.4 is 17.6 Å². The summed E-state index contributed by atoms with van der Waals surface area (Å²) in [5.74, 6) is 0.747. The molecule has 0 unspecified atom stereocenters. The van der Waals surface area contributed by atoms with Crippen molar-refractivity contribution in [2.45, 2.75) is 19.3 Å². The van der Waals surface area contributed by atoms with Gasteiger partial charge in [0.1, 0.15) is 0 Å². The number of para-hydroxylation sites is 1. The summed E-state index contributed by atoms with van der Waals surface area (Å²) in [4.78, 5) is 11.2. The normalized spacial score (nSPS) is 14.2. The molecule has 2 aromatic heterocycles. The van der Waals surface area contributed by atoms with Crippen molar-refractivity contribution in [1.82, 2.24) is 14.5 Å². The second-order valence-electron chi connectivity index (χ2n) is 16.5. The average Bonchev–Trinajstić information content (AvgIpc) is 3.88. The van der Waals surface area contributed by atoms with Crippen LogP contribution >= 0.6 is 0 Å². The van der Waals surface area contributed by atoms with Gasteiger partial charge < -0.3 is 0 Å². The molecule has 278 valence electrons. The van der Waals surface area contributed by atoms with E-state index in [1.807, 2.05) is 0 Å². The molecule has 0 radical (unpaired) electrons. The Hall–Kier alpha value is -6.82. The van der Waals surface area contributed by atoms with E-state index in [2.05, 4.69) is 219 Å². The summed E-state index contributed by atoms with van der Waals surface area (Å²) in [6, 6.07) is 73.8. The van der Waals surface area contributed by atoms with Gasteiger partial charge in [-0.3, -0.25) is 0 Å². The third kappa shape index (κ3) is 4.77. The molecule has 0 fully saturated rings. The number of benzene rings is 8. The number of fused-ring (bicyclic) bond motifs is 10. The zero-order chi connectivity index (χ0) is 39.3. The Morgan fingerprint density at radius 2 is 1.07 bits per heavy atom. The fourth-order valence-corrected chi connectivity index (χ4v) is 21.6. The van der Waals surface area contributed by atoms with Crippen LogP contribution in [0.1, 0.15) is 25.0 Å². The van der Waals surface area contributed by atoms with Crippen molar-refractivity contribution >= 4 is 52.7 Å². The minimum atomic E-state index is -3.90. The molecular formula is C55H39GeN3. The van der Waals surface area contributed by atoms with Crippen LogP contribution in [-0.4, -0.2) is 27.8 Å². The van der Waals surface area contributed by atoms with E-state index < -0.39 is 13.3 Å². The number of aromatic nitrogens is 3. The van der Waals surface area contributed by atoms with Gasteiger partial charge in [0.15, 0.2) is 0 Å². The van der Waals surface area contributed by atoms with Gasteiger partial charge in [-0.05, 0) is 0 Å². The fourth-order valence-electron chi connectivity index (χ4n) is 10.5. The van der Waals surface area contributed by atoms with Gasteiger partial charge in [-0.2, -0.15) is 0 Å². The maximum atomic E-state index is 5.59. The number of nitrogens with zero attached hydrogens (tertiary/aromatic N) is 3. The van der Waals surface area contributed by atoms with Crippen LogP contribution in [-0.2, 0) is 5.41 Å². The zero-order valence-electron chi connectivity index (χ0n) is 32.9. The molecule has 0 saturated carbocycles. The number of hydrogen-bond donors (Lipinski definition) is 0. The van der Waals surface area contributed by atoms with Crippen molar-refractivity contribution in [3.63, 3.8) is 0 Å². The monoisotopic (exact) mass is 815 g/mol. The Bertz CT molecular complexity index is 3240. The molecule has 0 atom stereocenters. The van der Waals surface area contributed by atoms with Gasteiger partial charge in [-0.15, -0.1) is 0 Å². The third-order valence-corrected chi connectivity index (χ3v) is 23.2. The molecule has 0 spiro atoms. The van der Waals surface area contributed by atoms with Crippen LogP contribution in [0.2, 0.25) is 0 Å².